The molecule has 1 fully saturated rings. The van der Waals surface area contributed by atoms with Crippen molar-refractivity contribution < 1.29 is 18.3 Å². The van der Waals surface area contributed by atoms with Crippen LogP contribution >= 0.6 is 11.3 Å². The normalized spacial score (nSPS) is 14.3. The van der Waals surface area contributed by atoms with E-state index in [-0.39, 0.29) is 17.4 Å². The van der Waals surface area contributed by atoms with Crippen molar-refractivity contribution >= 4 is 48.9 Å². The third-order valence-corrected chi connectivity index (χ3v) is 8.58. The second-order valence-corrected chi connectivity index (χ2v) is 11.5. The van der Waals surface area contributed by atoms with Crippen molar-refractivity contribution in [2.45, 2.75) is 18.4 Å². The highest BCUT2D eigenvalue weighted by Gasteiger charge is 2.24. The number of aromatic nitrogens is 1. The quantitative estimate of drug-likeness (QED) is 0.399. The molecule has 36 heavy (non-hydrogen) atoms. The van der Waals surface area contributed by atoms with Crippen molar-refractivity contribution in [2.75, 3.05) is 35.8 Å². The maximum atomic E-state index is 13.1. The van der Waals surface area contributed by atoms with E-state index in [0.717, 1.165) is 21.0 Å². The van der Waals surface area contributed by atoms with E-state index in [9.17, 15) is 18.3 Å². The van der Waals surface area contributed by atoms with Gasteiger partial charge in [-0.2, -0.15) is 0 Å². The Morgan fingerprint density at radius 1 is 1.00 bits per heavy atom. The monoisotopic (exact) mass is 522 g/mol. The molecule has 2 N–H and O–H groups in total. The number of aliphatic hydroxyl groups is 1. The van der Waals surface area contributed by atoms with Gasteiger partial charge < -0.3 is 14.9 Å². The summed E-state index contributed by atoms with van der Waals surface area (Å²) in [6, 6.07) is 19.3. The number of amides is 1. The first-order valence-electron chi connectivity index (χ1n) is 11.6. The topological polar surface area (TPSA) is 103 Å². The fraction of sp³-hybridized carbons (Fsp3) is 0.231. The number of piperazine rings is 1. The molecule has 1 aromatic heterocycles. The molecule has 186 valence electrons. The van der Waals surface area contributed by atoms with E-state index in [1.807, 2.05) is 37.3 Å². The molecule has 8 nitrogen and oxygen atoms in total. The van der Waals surface area contributed by atoms with E-state index in [0.29, 0.717) is 42.9 Å². The Bertz CT molecular complexity index is 1510. The summed E-state index contributed by atoms with van der Waals surface area (Å²) < 4.78 is 29.5. The number of hydrogen-bond donors (Lipinski definition) is 2. The van der Waals surface area contributed by atoms with Gasteiger partial charge in [0.15, 0.2) is 0 Å². The van der Waals surface area contributed by atoms with E-state index >= 15 is 0 Å². The summed E-state index contributed by atoms with van der Waals surface area (Å²) in [4.78, 5) is 21.5. The van der Waals surface area contributed by atoms with Crippen LogP contribution in [0.3, 0.4) is 0 Å². The first-order chi connectivity index (χ1) is 17.4. The van der Waals surface area contributed by atoms with Gasteiger partial charge in [-0.05, 0) is 49.4 Å². The van der Waals surface area contributed by atoms with Gasteiger partial charge in [-0.3, -0.25) is 9.52 Å². The number of nitrogens with one attached hydrogen (secondary N) is 1. The molecule has 1 amide bonds. The number of carbonyl (C=O) groups excluding carboxylic acids is 1. The summed E-state index contributed by atoms with van der Waals surface area (Å²) in [5.41, 5.74) is 3.20. The molecule has 1 aliphatic rings. The van der Waals surface area contributed by atoms with Gasteiger partial charge in [0.25, 0.3) is 15.9 Å². The summed E-state index contributed by atoms with van der Waals surface area (Å²) >= 11 is 1.45. The lowest BCUT2D eigenvalue weighted by molar-refractivity contribution is 0.0746. The average Bonchev–Trinajstić information content (AvgIpc) is 3.28. The van der Waals surface area contributed by atoms with Gasteiger partial charge in [0, 0.05) is 48.7 Å². The molecule has 3 aromatic carbocycles. The van der Waals surface area contributed by atoms with Crippen LogP contribution in [-0.2, 0) is 16.6 Å². The predicted molar refractivity (Wildman–Crippen MR) is 142 cm³/mol. The minimum atomic E-state index is -3.84. The van der Waals surface area contributed by atoms with Gasteiger partial charge in [-0.1, -0.05) is 24.3 Å². The summed E-state index contributed by atoms with van der Waals surface area (Å²) in [5.74, 6) is -0.0952. The van der Waals surface area contributed by atoms with Gasteiger partial charge in [-0.15, -0.1) is 11.3 Å². The van der Waals surface area contributed by atoms with E-state index in [1.54, 1.807) is 41.3 Å². The Morgan fingerprint density at radius 3 is 2.44 bits per heavy atom. The molecule has 0 spiro atoms. The van der Waals surface area contributed by atoms with Crippen molar-refractivity contribution in [1.82, 2.24) is 9.88 Å². The highest BCUT2D eigenvalue weighted by Crippen LogP contribution is 2.29. The highest BCUT2D eigenvalue weighted by atomic mass is 32.2. The first-order valence-corrected chi connectivity index (χ1v) is 13.9. The van der Waals surface area contributed by atoms with Crippen LogP contribution in [0.4, 0.5) is 11.4 Å². The smallest absolute Gasteiger partial charge is 0.264 e. The lowest BCUT2D eigenvalue weighted by Gasteiger charge is -2.37. The van der Waals surface area contributed by atoms with Crippen molar-refractivity contribution in [2.24, 2.45) is 0 Å². The fourth-order valence-corrected chi connectivity index (χ4v) is 6.57. The number of rotatable bonds is 6. The third-order valence-electron chi connectivity index (χ3n) is 6.23. The number of thiazole rings is 1. The molecule has 5 rings (SSSR count). The van der Waals surface area contributed by atoms with Gasteiger partial charge in [-0.25, -0.2) is 13.4 Å². The van der Waals surface area contributed by atoms with Gasteiger partial charge >= 0.3 is 0 Å². The van der Waals surface area contributed by atoms with Crippen LogP contribution in [0.2, 0.25) is 0 Å². The molecule has 0 aliphatic carbocycles. The van der Waals surface area contributed by atoms with Crippen LogP contribution in [0.25, 0.3) is 10.2 Å². The summed E-state index contributed by atoms with van der Waals surface area (Å²) in [6.45, 7) is 4.28. The van der Waals surface area contributed by atoms with E-state index in [1.165, 1.54) is 11.3 Å². The van der Waals surface area contributed by atoms with Crippen LogP contribution < -0.4 is 9.62 Å². The van der Waals surface area contributed by atoms with Crippen LogP contribution in [0, 0.1) is 6.92 Å². The second-order valence-electron chi connectivity index (χ2n) is 8.58. The summed E-state index contributed by atoms with van der Waals surface area (Å²) in [7, 11) is -3.84. The zero-order valence-corrected chi connectivity index (χ0v) is 21.3. The fourth-order valence-electron chi connectivity index (χ4n) is 4.43. The van der Waals surface area contributed by atoms with Crippen molar-refractivity contribution in [3.8, 4) is 0 Å². The number of aliphatic hydroxyl groups excluding tert-OH is 1. The Labute approximate surface area is 213 Å². The number of benzene rings is 3. The number of para-hydroxylation sites is 2. The lowest BCUT2D eigenvalue weighted by Crippen LogP contribution is -2.49. The molecule has 2 heterocycles. The van der Waals surface area contributed by atoms with Gasteiger partial charge in [0.1, 0.15) is 10.4 Å². The molecule has 0 radical (unpaired) electrons. The maximum Gasteiger partial charge on any atom is 0.264 e. The van der Waals surface area contributed by atoms with E-state index < -0.39 is 10.0 Å². The largest absolute Gasteiger partial charge is 0.392 e. The van der Waals surface area contributed by atoms with Gasteiger partial charge in [0.2, 0.25) is 0 Å². The number of nitrogens with zero attached hydrogens (tertiary/aromatic N) is 3. The molecule has 0 atom stereocenters. The number of anilines is 2. The molecule has 0 saturated carbocycles. The average molecular weight is 523 g/mol. The number of aryl methyl sites for hydroxylation is 1. The number of hydrogen-bond acceptors (Lipinski definition) is 7. The zero-order valence-electron chi connectivity index (χ0n) is 19.7. The van der Waals surface area contributed by atoms with E-state index in [4.69, 9.17) is 0 Å². The van der Waals surface area contributed by atoms with E-state index in [2.05, 4.69) is 14.6 Å². The van der Waals surface area contributed by atoms with Crippen LogP contribution in [0.15, 0.2) is 71.6 Å². The predicted octanol–water partition coefficient (Wildman–Crippen LogP) is 3.86. The summed E-state index contributed by atoms with van der Waals surface area (Å²) in [5, 5.41) is 10.4. The molecular weight excluding hydrogens is 496 g/mol. The van der Waals surface area contributed by atoms with Crippen LogP contribution in [0.1, 0.15) is 20.9 Å². The van der Waals surface area contributed by atoms with Crippen LogP contribution in [0.5, 0.6) is 0 Å². The molecule has 0 unspecified atom stereocenters. The SMILES string of the molecule is Cc1nc2c(S(=O)(=O)Nc3ccc(C(=O)N4CCN(c5ccccc5CO)CC4)cc3)cccc2s1. The minimum Gasteiger partial charge on any atom is -0.392 e. The van der Waals surface area contributed by atoms with Crippen molar-refractivity contribution in [3.63, 3.8) is 0 Å². The number of carbonyl (C=O) groups is 1. The van der Waals surface area contributed by atoms with Crippen molar-refractivity contribution in [3.05, 3.63) is 82.9 Å². The standard InChI is InChI=1S/C26H26N4O4S2/c1-18-27-25-23(35-18)7-4-8-24(25)36(33,34)28-21-11-9-19(10-12-21)26(32)30-15-13-29(14-16-30)22-6-3-2-5-20(22)17-31/h2-12,28,31H,13-17H2,1H3. The lowest BCUT2D eigenvalue weighted by atomic mass is 10.1. The zero-order chi connectivity index (χ0) is 25.3. The minimum absolute atomic E-state index is 0.0238. The van der Waals surface area contributed by atoms with Gasteiger partial charge in [0.05, 0.1) is 16.3 Å². The highest BCUT2D eigenvalue weighted by molar-refractivity contribution is 7.93. The third kappa shape index (κ3) is 4.79. The second kappa shape index (κ2) is 9.88. The molecular formula is C26H26N4O4S2. The maximum absolute atomic E-state index is 13.1. The Hall–Kier alpha value is -3.47. The van der Waals surface area contributed by atoms with Crippen molar-refractivity contribution in [1.29, 1.82) is 0 Å². The Balaban J connectivity index is 1.25. The molecule has 4 aromatic rings. The summed E-state index contributed by atoms with van der Waals surface area (Å²) in [6.07, 6.45) is 0. The number of sulfonamides is 1. The molecule has 0 bridgehead atoms. The Kier molecular flexibility index (Phi) is 6.65. The van der Waals surface area contributed by atoms with Crippen LogP contribution in [-0.4, -0.2) is 55.5 Å². The molecule has 1 aliphatic heterocycles. The number of fused-ring (bicyclic) bond motifs is 1. The first kappa shape index (κ1) is 24.2. The molecule has 10 heteroatoms. The Morgan fingerprint density at radius 2 is 1.72 bits per heavy atom. The molecule has 1 saturated heterocycles.